The van der Waals surface area contributed by atoms with Crippen LogP contribution in [0.4, 0.5) is 21.0 Å². The quantitative estimate of drug-likeness (QED) is 0.203. The summed E-state index contributed by atoms with van der Waals surface area (Å²) in [7, 11) is 0. The highest BCUT2D eigenvalue weighted by Crippen LogP contribution is 2.12. The predicted octanol–water partition coefficient (Wildman–Crippen LogP) is 3.61. The summed E-state index contributed by atoms with van der Waals surface area (Å²) >= 11 is 0. The molecule has 16 heteroatoms. The van der Waals surface area contributed by atoms with Gasteiger partial charge in [-0.3, -0.25) is 30.7 Å². The molecule has 0 unspecified atom stereocenters. The Bertz CT molecular complexity index is 759. The molecule has 0 atom stereocenters. The fraction of sp³-hybridized carbons (Fsp3) is 0.125. The van der Waals surface area contributed by atoms with Crippen molar-refractivity contribution in [1.29, 1.82) is 0 Å². The van der Waals surface area contributed by atoms with Crippen molar-refractivity contribution >= 4 is 23.7 Å². The van der Waals surface area contributed by atoms with Crippen LogP contribution in [0.1, 0.15) is 11.1 Å². The molecule has 0 fully saturated rings. The van der Waals surface area contributed by atoms with Crippen LogP contribution in [0.25, 0.3) is 0 Å². The lowest BCUT2D eigenvalue weighted by atomic mass is 10.2. The van der Waals surface area contributed by atoms with Gasteiger partial charge in [-0.2, -0.15) is 0 Å². The molecule has 0 saturated carbocycles. The van der Waals surface area contributed by atoms with Crippen LogP contribution in [0.2, 0.25) is 0 Å². The Morgan fingerprint density at radius 1 is 0.656 bits per heavy atom. The summed E-state index contributed by atoms with van der Waals surface area (Å²) in [5.41, 5.74) is 1.42. The summed E-state index contributed by atoms with van der Waals surface area (Å²) in [5.74, 6) is 0. The zero-order valence-corrected chi connectivity index (χ0v) is 15.9. The van der Waals surface area contributed by atoms with Crippen LogP contribution in [0.15, 0.2) is 48.5 Å². The van der Waals surface area contributed by atoms with E-state index in [4.69, 9.17) is 40.5 Å². The van der Waals surface area contributed by atoms with Crippen LogP contribution in [0.3, 0.4) is 0 Å². The van der Waals surface area contributed by atoms with Gasteiger partial charge < -0.3 is 20.4 Å². The summed E-state index contributed by atoms with van der Waals surface area (Å²) < 4.78 is 0. The van der Waals surface area contributed by atoms with Crippen molar-refractivity contribution in [2.45, 2.75) is 13.2 Å². The molecule has 2 rings (SSSR count). The van der Waals surface area contributed by atoms with Gasteiger partial charge in [0.15, 0.2) is 0 Å². The second kappa shape index (κ2) is 17.5. The first-order valence-electron chi connectivity index (χ1n) is 7.77. The largest absolute Gasteiger partial charge is 0.503 e. The van der Waals surface area contributed by atoms with Gasteiger partial charge in [-0.1, -0.05) is 0 Å². The van der Waals surface area contributed by atoms with E-state index in [0.29, 0.717) is 11.1 Å². The molecule has 2 aromatic rings. The highest BCUT2D eigenvalue weighted by atomic mass is 17.1. The molecule has 176 valence electrons. The highest BCUT2D eigenvalue weighted by molar-refractivity contribution is 5.53. The first-order valence-corrected chi connectivity index (χ1v) is 7.77. The summed E-state index contributed by atoms with van der Waals surface area (Å²) in [4.78, 5) is 44.3. The van der Waals surface area contributed by atoms with E-state index in [2.05, 4.69) is 9.78 Å². The molecule has 32 heavy (non-hydrogen) atoms. The van der Waals surface area contributed by atoms with E-state index in [0.717, 1.165) is 0 Å². The van der Waals surface area contributed by atoms with Gasteiger partial charge in [0.05, 0.1) is 9.85 Å². The van der Waals surface area contributed by atoms with Crippen molar-refractivity contribution in [2.24, 2.45) is 0 Å². The Labute approximate surface area is 177 Å². The molecule has 0 aliphatic heterocycles. The van der Waals surface area contributed by atoms with Gasteiger partial charge in [-0.25, -0.2) is 19.4 Å². The first-order chi connectivity index (χ1) is 14.9. The Hall–Kier alpha value is -4.38. The summed E-state index contributed by atoms with van der Waals surface area (Å²) in [5, 5.41) is 64.4. The summed E-state index contributed by atoms with van der Waals surface area (Å²) in [6.07, 6.45) is -3.67. The third kappa shape index (κ3) is 17.7. The fourth-order valence-corrected chi connectivity index (χ4v) is 1.58. The molecule has 0 aliphatic rings. The highest BCUT2D eigenvalue weighted by Gasteiger charge is 2.03. The Morgan fingerprint density at radius 3 is 1.03 bits per heavy atom. The van der Waals surface area contributed by atoms with Gasteiger partial charge in [0, 0.05) is 24.3 Å². The number of benzene rings is 2. The minimum atomic E-state index is -1.83. The fourth-order valence-electron chi connectivity index (χ4n) is 1.58. The van der Waals surface area contributed by atoms with Gasteiger partial charge in [0.2, 0.25) is 0 Å². The molecule has 0 aromatic heterocycles. The van der Waals surface area contributed by atoms with Gasteiger partial charge >= 0.3 is 12.3 Å². The Balaban J connectivity index is 0. The molecule has 0 radical (unpaired) electrons. The smallest absolute Gasteiger partial charge is 0.450 e. The number of carboxylic acid groups (broad SMARTS) is 4. The lowest BCUT2D eigenvalue weighted by Gasteiger charge is -1.95. The van der Waals surface area contributed by atoms with E-state index >= 15 is 0 Å². The number of nitro benzene ring substituents is 2. The molecule has 0 heterocycles. The standard InChI is InChI=1S/2C7H7NO4.2CH2O3/c2*9-8(10)7-3-1-6(2-4-7)5-12-11;2*2-1(3)4/h2*1-4,11H,5H2;2*(H2,2,3,4). The topological polar surface area (TPSA) is 260 Å². The van der Waals surface area contributed by atoms with Crippen molar-refractivity contribution in [3.8, 4) is 0 Å². The average molecular weight is 462 g/mol. The van der Waals surface area contributed by atoms with Crippen LogP contribution in [-0.4, -0.2) is 53.1 Å². The maximum Gasteiger partial charge on any atom is 0.503 e. The van der Waals surface area contributed by atoms with Gasteiger partial charge in [-0.05, 0) is 35.4 Å². The van der Waals surface area contributed by atoms with E-state index in [-0.39, 0.29) is 24.6 Å². The summed E-state index contributed by atoms with van der Waals surface area (Å²) in [6, 6.07) is 11.5. The van der Waals surface area contributed by atoms with Gasteiger partial charge in [0.1, 0.15) is 13.2 Å². The van der Waals surface area contributed by atoms with Crippen LogP contribution in [-0.2, 0) is 23.0 Å². The zero-order valence-electron chi connectivity index (χ0n) is 15.9. The molecule has 16 nitrogen and oxygen atoms in total. The first kappa shape index (κ1) is 29.8. The molecular weight excluding hydrogens is 444 g/mol. The van der Waals surface area contributed by atoms with E-state index in [1.807, 2.05) is 0 Å². The maximum atomic E-state index is 10.2. The molecule has 6 N–H and O–H groups in total. The number of carbonyl (C=O) groups is 2. The number of non-ortho nitro benzene ring substituents is 2. The lowest BCUT2D eigenvalue weighted by molar-refractivity contribution is -0.385. The number of nitrogens with zero attached hydrogens (tertiary/aromatic N) is 2. The van der Waals surface area contributed by atoms with Crippen molar-refractivity contribution in [3.63, 3.8) is 0 Å². The molecule has 0 aliphatic carbocycles. The van der Waals surface area contributed by atoms with E-state index < -0.39 is 22.2 Å². The monoisotopic (exact) mass is 462 g/mol. The van der Waals surface area contributed by atoms with Gasteiger partial charge in [-0.15, -0.1) is 0 Å². The Morgan fingerprint density at radius 2 is 0.875 bits per heavy atom. The third-order valence-electron chi connectivity index (χ3n) is 2.76. The third-order valence-corrected chi connectivity index (χ3v) is 2.76. The van der Waals surface area contributed by atoms with Crippen LogP contribution >= 0.6 is 0 Å². The molecule has 0 amide bonds. The number of rotatable bonds is 6. The minimum Gasteiger partial charge on any atom is -0.450 e. The normalized spacial score (nSPS) is 8.81. The SMILES string of the molecule is O=C(O)O.O=C(O)O.O=[N+]([O-])c1ccc(COO)cc1.O=[N+]([O-])c1ccc(COO)cc1. The van der Waals surface area contributed by atoms with Crippen LogP contribution in [0.5, 0.6) is 0 Å². The minimum absolute atomic E-state index is 0.0247. The van der Waals surface area contributed by atoms with Crippen LogP contribution in [0, 0.1) is 20.2 Å². The van der Waals surface area contributed by atoms with E-state index in [1.54, 1.807) is 0 Å². The van der Waals surface area contributed by atoms with Crippen LogP contribution < -0.4 is 0 Å². The number of hydrogen-bond donors (Lipinski definition) is 6. The van der Waals surface area contributed by atoms with Gasteiger partial charge in [0.25, 0.3) is 11.4 Å². The summed E-state index contributed by atoms with van der Waals surface area (Å²) in [6.45, 7) is 0.0794. The zero-order chi connectivity index (χ0) is 25.1. The van der Waals surface area contributed by atoms with Crippen molar-refractivity contribution < 1.29 is 60.2 Å². The number of hydrogen-bond acceptors (Lipinski definition) is 10. The second-order valence-corrected chi connectivity index (χ2v) is 4.96. The molecule has 0 bridgehead atoms. The Kier molecular flexibility index (Phi) is 16.3. The molecule has 2 aromatic carbocycles. The maximum absolute atomic E-state index is 10.2. The molecule has 0 saturated heterocycles. The van der Waals surface area contributed by atoms with Crippen molar-refractivity contribution in [2.75, 3.05) is 0 Å². The van der Waals surface area contributed by atoms with Crippen molar-refractivity contribution in [3.05, 3.63) is 79.9 Å². The van der Waals surface area contributed by atoms with E-state index in [9.17, 15) is 20.2 Å². The van der Waals surface area contributed by atoms with Crippen molar-refractivity contribution in [1.82, 2.24) is 0 Å². The second-order valence-electron chi connectivity index (χ2n) is 4.96. The van der Waals surface area contributed by atoms with E-state index in [1.165, 1.54) is 48.5 Å². The molecular formula is C16H18N2O14. The molecule has 0 spiro atoms. The lowest BCUT2D eigenvalue weighted by Crippen LogP contribution is -1.90. The average Bonchev–Trinajstić information content (AvgIpc) is 2.69. The predicted molar refractivity (Wildman–Crippen MR) is 102 cm³/mol. The number of nitro groups is 2.